The van der Waals surface area contributed by atoms with Crippen LogP contribution in [-0.4, -0.2) is 21.8 Å². The summed E-state index contributed by atoms with van der Waals surface area (Å²) in [6, 6.07) is 0. The molecule has 0 fully saturated rings. The van der Waals surface area contributed by atoms with Gasteiger partial charge in [0.2, 0.25) is 0 Å². The zero-order valence-electron chi connectivity index (χ0n) is 5.15. The monoisotopic (exact) mass is 236 g/mol. The third-order valence-corrected chi connectivity index (χ3v) is 2.10. The Labute approximate surface area is 83.7 Å². The van der Waals surface area contributed by atoms with E-state index in [4.69, 9.17) is 51.5 Å². The topological polar surface area (TPSA) is 37.3 Å². The van der Waals surface area contributed by atoms with Crippen molar-refractivity contribution in [2.45, 2.75) is 4.84 Å². The number of alkyl halides is 3. The summed E-state index contributed by atoms with van der Waals surface area (Å²) in [5.41, 5.74) is 0.101. The Kier molecular flexibility index (Phi) is 5.26. The quantitative estimate of drug-likeness (QED) is 0.605. The molecule has 0 aliphatic heterocycles. The highest BCUT2D eigenvalue weighted by atomic mass is 35.5. The third-order valence-electron chi connectivity index (χ3n) is 0.877. The molecule has 0 aromatic heterocycles. The van der Waals surface area contributed by atoms with Crippen molar-refractivity contribution in [3.05, 3.63) is 10.6 Å². The van der Waals surface area contributed by atoms with Crippen LogP contribution in [0.15, 0.2) is 10.6 Å². The summed E-state index contributed by atoms with van der Waals surface area (Å²) < 4.78 is 0. The van der Waals surface area contributed by atoms with E-state index in [1.165, 1.54) is 0 Å². The van der Waals surface area contributed by atoms with E-state index in [2.05, 4.69) is 0 Å². The van der Waals surface area contributed by atoms with E-state index in [0.29, 0.717) is 0 Å². The molecule has 0 aliphatic rings. The summed E-state index contributed by atoms with van der Waals surface area (Å²) in [5, 5.41) is 7.95. The minimum Gasteiger partial charge on any atom is -0.477 e. The van der Waals surface area contributed by atoms with E-state index in [9.17, 15) is 4.79 Å². The Morgan fingerprint density at radius 1 is 1.45 bits per heavy atom. The van der Waals surface area contributed by atoms with Crippen molar-refractivity contribution < 1.29 is 9.90 Å². The number of hydrogen-bond donors (Lipinski definition) is 1. The molecular formula is C5H4Cl4O2. The standard InChI is InChI=1S/C5H4Cl4O2/c6-1-2(4(8)9)3(7)5(10)11/h4H,1H2,(H,10,11)/b3-2-. The molecule has 1 N–H and O–H groups in total. The molecule has 11 heavy (non-hydrogen) atoms. The van der Waals surface area contributed by atoms with Crippen LogP contribution in [0.1, 0.15) is 0 Å². The summed E-state index contributed by atoms with van der Waals surface area (Å²) in [4.78, 5) is 9.26. The predicted octanol–water partition coefficient (Wildman–Crippen LogP) is 2.61. The normalized spacial score (nSPS) is 13.2. The Bertz CT molecular complexity index is 187. The molecular weight excluding hydrogens is 234 g/mol. The SMILES string of the molecule is O=C(O)/C(Cl)=C(\CCl)C(Cl)Cl. The van der Waals surface area contributed by atoms with Gasteiger partial charge in [-0.1, -0.05) is 11.6 Å². The maximum atomic E-state index is 10.2. The minimum absolute atomic E-state index is 0.0944. The van der Waals surface area contributed by atoms with Crippen LogP contribution in [0, 0.1) is 0 Å². The van der Waals surface area contributed by atoms with Gasteiger partial charge in [-0.3, -0.25) is 0 Å². The highest BCUT2D eigenvalue weighted by Gasteiger charge is 2.16. The Morgan fingerprint density at radius 3 is 2.00 bits per heavy atom. The number of carbonyl (C=O) groups is 1. The first-order valence-electron chi connectivity index (χ1n) is 2.46. The average Bonchev–Trinajstić information content (AvgIpc) is 1.88. The molecule has 0 spiro atoms. The summed E-state index contributed by atoms with van der Waals surface area (Å²) in [6.07, 6.45) is 0. The Hall–Kier alpha value is 0.370. The van der Waals surface area contributed by atoms with Crippen LogP contribution in [0.3, 0.4) is 0 Å². The number of allylic oxidation sites excluding steroid dienone is 1. The van der Waals surface area contributed by atoms with Gasteiger partial charge in [-0.15, -0.1) is 34.8 Å². The van der Waals surface area contributed by atoms with Crippen LogP contribution in [0.2, 0.25) is 0 Å². The van der Waals surface area contributed by atoms with Crippen molar-refractivity contribution in [1.82, 2.24) is 0 Å². The lowest BCUT2D eigenvalue weighted by atomic mass is 10.3. The van der Waals surface area contributed by atoms with Crippen LogP contribution in [0.5, 0.6) is 0 Å². The van der Waals surface area contributed by atoms with Gasteiger partial charge < -0.3 is 5.11 Å². The van der Waals surface area contributed by atoms with Crippen LogP contribution in [0.25, 0.3) is 0 Å². The molecule has 0 amide bonds. The molecule has 0 atom stereocenters. The molecule has 0 rings (SSSR count). The van der Waals surface area contributed by atoms with Gasteiger partial charge in [-0.25, -0.2) is 4.79 Å². The Morgan fingerprint density at radius 2 is 1.91 bits per heavy atom. The summed E-state index contributed by atoms with van der Waals surface area (Å²) in [5.74, 6) is -1.38. The first-order valence-corrected chi connectivity index (χ1v) is 4.25. The highest BCUT2D eigenvalue weighted by molar-refractivity contribution is 6.49. The molecule has 6 heteroatoms. The van der Waals surface area contributed by atoms with E-state index in [0.717, 1.165) is 0 Å². The second-order valence-corrected chi connectivity index (χ2v) is 3.32. The fraction of sp³-hybridized carbons (Fsp3) is 0.400. The number of hydrogen-bond acceptors (Lipinski definition) is 1. The van der Waals surface area contributed by atoms with Crippen LogP contribution < -0.4 is 0 Å². The molecule has 0 unspecified atom stereocenters. The van der Waals surface area contributed by atoms with Crippen molar-refractivity contribution in [1.29, 1.82) is 0 Å². The number of halogens is 4. The summed E-state index contributed by atoms with van der Waals surface area (Å²) >= 11 is 21.3. The minimum atomic E-state index is -1.28. The van der Waals surface area contributed by atoms with E-state index in [1.807, 2.05) is 0 Å². The van der Waals surface area contributed by atoms with Gasteiger partial charge in [0.25, 0.3) is 0 Å². The maximum Gasteiger partial charge on any atom is 0.347 e. The lowest BCUT2D eigenvalue weighted by Crippen LogP contribution is -2.05. The van der Waals surface area contributed by atoms with E-state index in [-0.39, 0.29) is 11.5 Å². The first kappa shape index (κ1) is 11.4. The summed E-state index contributed by atoms with van der Waals surface area (Å²) in [6.45, 7) is 0. The van der Waals surface area contributed by atoms with Crippen molar-refractivity contribution in [3.8, 4) is 0 Å². The molecule has 0 aliphatic carbocycles. The third kappa shape index (κ3) is 3.52. The molecule has 0 saturated carbocycles. The molecule has 0 bridgehead atoms. The molecule has 0 radical (unpaired) electrons. The fourth-order valence-corrected chi connectivity index (χ4v) is 1.52. The lowest BCUT2D eigenvalue weighted by Gasteiger charge is -2.03. The van der Waals surface area contributed by atoms with E-state index < -0.39 is 15.8 Å². The average molecular weight is 238 g/mol. The fourth-order valence-electron chi connectivity index (χ4n) is 0.350. The molecule has 0 aromatic carbocycles. The predicted molar refractivity (Wildman–Crippen MR) is 46.7 cm³/mol. The van der Waals surface area contributed by atoms with Gasteiger partial charge in [0, 0.05) is 11.5 Å². The number of carboxylic acid groups (broad SMARTS) is 1. The smallest absolute Gasteiger partial charge is 0.347 e. The first-order chi connectivity index (χ1) is 5.00. The molecule has 0 heterocycles. The number of carboxylic acids is 1. The van der Waals surface area contributed by atoms with Gasteiger partial charge in [0.1, 0.15) is 9.87 Å². The van der Waals surface area contributed by atoms with Crippen LogP contribution in [0.4, 0.5) is 0 Å². The summed E-state index contributed by atoms with van der Waals surface area (Å²) in [7, 11) is 0. The van der Waals surface area contributed by atoms with Gasteiger partial charge in [0.15, 0.2) is 0 Å². The lowest BCUT2D eigenvalue weighted by molar-refractivity contribution is -0.131. The van der Waals surface area contributed by atoms with Gasteiger partial charge in [-0.05, 0) is 0 Å². The van der Waals surface area contributed by atoms with Gasteiger partial charge in [0.05, 0.1) is 0 Å². The van der Waals surface area contributed by atoms with Gasteiger partial charge in [-0.2, -0.15) is 0 Å². The number of aliphatic carboxylic acids is 1. The van der Waals surface area contributed by atoms with Crippen LogP contribution >= 0.6 is 46.4 Å². The Balaban J connectivity index is 4.68. The zero-order chi connectivity index (χ0) is 9.02. The van der Waals surface area contributed by atoms with Crippen molar-refractivity contribution in [2.75, 3.05) is 5.88 Å². The molecule has 0 aromatic rings. The van der Waals surface area contributed by atoms with E-state index in [1.54, 1.807) is 0 Å². The second kappa shape index (κ2) is 5.09. The maximum absolute atomic E-state index is 10.2. The molecule has 64 valence electrons. The molecule has 0 saturated heterocycles. The number of rotatable bonds is 3. The zero-order valence-corrected chi connectivity index (χ0v) is 8.18. The van der Waals surface area contributed by atoms with Crippen LogP contribution in [-0.2, 0) is 4.79 Å². The van der Waals surface area contributed by atoms with Gasteiger partial charge >= 0.3 is 5.97 Å². The second-order valence-electron chi connectivity index (χ2n) is 1.58. The van der Waals surface area contributed by atoms with Crippen molar-refractivity contribution in [3.63, 3.8) is 0 Å². The largest absolute Gasteiger partial charge is 0.477 e. The molecule has 2 nitrogen and oxygen atoms in total. The highest BCUT2D eigenvalue weighted by Crippen LogP contribution is 2.22. The van der Waals surface area contributed by atoms with E-state index >= 15 is 0 Å². The van der Waals surface area contributed by atoms with Crippen molar-refractivity contribution >= 4 is 52.4 Å². The van der Waals surface area contributed by atoms with Crippen molar-refractivity contribution in [2.24, 2.45) is 0 Å².